The highest BCUT2D eigenvalue weighted by atomic mass is 15.0. The molecule has 184 valence electrons. The summed E-state index contributed by atoms with van der Waals surface area (Å²) in [7, 11) is 0. The average molecular weight is 483 g/mol. The molecular weight excluding hydrogens is 448 g/mol. The Balaban J connectivity index is 1.21. The molecule has 4 aromatic rings. The molecule has 0 aliphatic heterocycles. The third-order valence-electron chi connectivity index (χ3n) is 9.73. The van der Waals surface area contributed by atoms with E-state index in [4.69, 9.17) is 0 Å². The number of nitrogens with zero attached hydrogens (tertiary/aromatic N) is 2. The number of aromatic nitrogens is 1. The van der Waals surface area contributed by atoms with Crippen LogP contribution < -0.4 is 0 Å². The predicted molar refractivity (Wildman–Crippen MR) is 153 cm³/mol. The van der Waals surface area contributed by atoms with Crippen molar-refractivity contribution in [3.8, 4) is 11.8 Å². The maximum Gasteiger partial charge on any atom is 0.0998 e. The SMILES string of the molecule is Cc1cc(/C=C(/C#N)c2ccc3ccccc3c2)c(C)n1-c1ccc(C23CC4CC(CC(C4)C2)C3)cc1. The van der Waals surface area contributed by atoms with Gasteiger partial charge in [-0.05, 0) is 133 Å². The van der Waals surface area contributed by atoms with Gasteiger partial charge in [-0.15, -0.1) is 0 Å². The minimum absolute atomic E-state index is 0.434. The van der Waals surface area contributed by atoms with Gasteiger partial charge in [-0.25, -0.2) is 0 Å². The molecule has 0 unspecified atom stereocenters. The highest BCUT2D eigenvalue weighted by Crippen LogP contribution is 2.60. The fourth-order valence-electron chi connectivity index (χ4n) is 8.45. The molecule has 4 saturated carbocycles. The van der Waals surface area contributed by atoms with Crippen LogP contribution in [0.15, 0.2) is 72.8 Å². The van der Waals surface area contributed by atoms with Gasteiger partial charge in [0, 0.05) is 17.1 Å². The van der Waals surface area contributed by atoms with Crippen molar-refractivity contribution in [3.63, 3.8) is 0 Å². The van der Waals surface area contributed by atoms with Crippen molar-refractivity contribution in [2.24, 2.45) is 17.8 Å². The van der Waals surface area contributed by atoms with E-state index in [-0.39, 0.29) is 0 Å². The summed E-state index contributed by atoms with van der Waals surface area (Å²) in [5.41, 5.74) is 8.36. The van der Waals surface area contributed by atoms with Crippen molar-refractivity contribution in [3.05, 3.63) is 101 Å². The molecule has 0 amide bonds. The standard InChI is InChI=1S/C35H34N2/c1-23-13-31(18-32(22-36)30-8-7-28-5-3-4-6-29(28)17-30)24(2)37(23)34-11-9-33(10-12-34)35-19-25-14-26(20-35)16-27(15-25)21-35/h3-13,17-18,25-27H,14-16,19-21H2,1-2H3/b32-18-. The van der Waals surface area contributed by atoms with Crippen LogP contribution in [0, 0.1) is 42.9 Å². The van der Waals surface area contributed by atoms with Gasteiger partial charge < -0.3 is 4.57 Å². The highest BCUT2D eigenvalue weighted by molar-refractivity contribution is 5.94. The molecule has 4 bridgehead atoms. The Morgan fingerprint density at radius 3 is 2.14 bits per heavy atom. The van der Waals surface area contributed by atoms with Gasteiger partial charge in [-0.3, -0.25) is 0 Å². The first-order valence-electron chi connectivity index (χ1n) is 13.9. The van der Waals surface area contributed by atoms with E-state index < -0.39 is 0 Å². The summed E-state index contributed by atoms with van der Waals surface area (Å²) in [4.78, 5) is 0. The number of hydrogen-bond acceptors (Lipinski definition) is 1. The van der Waals surface area contributed by atoms with Crippen molar-refractivity contribution >= 4 is 22.4 Å². The fourth-order valence-corrected chi connectivity index (χ4v) is 8.45. The Bertz CT molecular complexity index is 1540. The molecular formula is C35H34N2. The van der Waals surface area contributed by atoms with Crippen LogP contribution in [-0.4, -0.2) is 4.57 Å². The third-order valence-corrected chi connectivity index (χ3v) is 9.73. The Hall–Kier alpha value is -3.57. The first-order valence-corrected chi connectivity index (χ1v) is 13.9. The predicted octanol–water partition coefficient (Wildman–Crippen LogP) is 8.78. The molecule has 4 fully saturated rings. The number of nitriles is 1. The maximum absolute atomic E-state index is 10.0. The summed E-state index contributed by atoms with van der Waals surface area (Å²) < 4.78 is 2.34. The number of aryl methyl sites for hydroxylation is 1. The van der Waals surface area contributed by atoms with Gasteiger partial charge in [-0.2, -0.15) is 5.26 Å². The van der Waals surface area contributed by atoms with E-state index in [9.17, 15) is 5.26 Å². The quantitative estimate of drug-likeness (QED) is 0.267. The summed E-state index contributed by atoms with van der Waals surface area (Å²) in [6.45, 7) is 4.33. The molecule has 0 spiro atoms. The summed E-state index contributed by atoms with van der Waals surface area (Å²) in [6.07, 6.45) is 10.7. The number of hydrogen-bond donors (Lipinski definition) is 0. The van der Waals surface area contributed by atoms with Gasteiger partial charge in [0.25, 0.3) is 0 Å². The summed E-state index contributed by atoms with van der Waals surface area (Å²) in [5, 5.41) is 12.4. The van der Waals surface area contributed by atoms with Gasteiger partial charge in [0.1, 0.15) is 0 Å². The van der Waals surface area contributed by atoms with Crippen LogP contribution in [0.2, 0.25) is 0 Å². The molecule has 4 aliphatic rings. The van der Waals surface area contributed by atoms with E-state index in [1.54, 1.807) is 5.56 Å². The normalized spacial score (nSPS) is 26.5. The van der Waals surface area contributed by atoms with E-state index in [2.05, 4.69) is 85.1 Å². The monoisotopic (exact) mass is 482 g/mol. The molecule has 0 saturated heterocycles. The molecule has 4 aliphatic carbocycles. The van der Waals surface area contributed by atoms with Gasteiger partial charge in [0.15, 0.2) is 0 Å². The molecule has 0 radical (unpaired) electrons. The largest absolute Gasteiger partial charge is 0.318 e. The lowest BCUT2D eigenvalue weighted by Crippen LogP contribution is -2.48. The van der Waals surface area contributed by atoms with Crippen molar-refractivity contribution < 1.29 is 0 Å². The molecule has 3 aromatic carbocycles. The van der Waals surface area contributed by atoms with Crippen LogP contribution in [-0.2, 0) is 5.41 Å². The first-order chi connectivity index (χ1) is 18.0. The number of allylic oxidation sites excluding steroid dienone is 1. The van der Waals surface area contributed by atoms with Gasteiger partial charge in [0.05, 0.1) is 11.6 Å². The minimum Gasteiger partial charge on any atom is -0.318 e. The van der Waals surface area contributed by atoms with Crippen molar-refractivity contribution in [1.29, 1.82) is 5.26 Å². The highest BCUT2D eigenvalue weighted by Gasteiger charge is 2.51. The second-order valence-corrected chi connectivity index (χ2v) is 12.1. The first kappa shape index (κ1) is 22.6. The minimum atomic E-state index is 0.434. The summed E-state index contributed by atoms with van der Waals surface area (Å²) in [6, 6.07) is 28.7. The lowest BCUT2D eigenvalue weighted by atomic mass is 9.48. The molecule has 1 aromatic heterocycles. The third kappa shape index (κ3) is 3.75. The Morgan fingerprint density at radius 2 is 1.49 bits per heavy atom. The van der Waals surface area contributed by atoms with Crippen LogP contribution in [0.25, 0.3) is 28.1 Å². The van der Waals surface area contributed by atoms with Crippen molar-refractivity contribution in [1.82, 2.24) is 4.57 Å². The van der Waals surface area contributed by atoms with E-state index in [1.165, 1.54) is 61.0 Å². The van der Waals surface area contributed by atoms with Gasteiger partial charge in [-0.1, -0.05) is 48.5 Å². The van der Waals surface area contributed by atoms with Crippen molar-refractivity contribution in [2.75, 3.05) is 0 Å². The van der Waals surface area contributed by atoms with Crippen LogP contribution in [0.1, 0.15) is 66.6 Å². The summed E-state index contributed by atoms with van der Waals surface area (Å²) in [5.74, 6) is 2.89. The smallest absolute Gasteiger partial charge is 0.0998 e. The van der Waals surface area contributed by atoms with Crippen LogP contribution in [0.3, 0.4) is 0 Å². The van der Waals surface area contributed by atoms with E-state index >= 15 is 0 Å². The molecule has 8 rings (SSSR count). The Morgan fingerprint density at radius 1 is 0.838 bits per heavy atom. The van der Waals surface area contributed by atoms with Crippen LogP contribution in [0.5, 0.6) is 0 Å². The lowest BCUT2D eigenvalue weighted by Gasteiger charge is -2.57. The average Bonchev–Trinajstić information content (AvgIpc) is 3.18. The lowest BCUT2D eigenvalue weighted by molar-refractivity contribution is -0.00518. The van der Waals surface area contributed by atoms with Gasteiger partial charge >= 0.3 is 0 Å². The summed E-state index contributed by atoms with van der Waals surface area (Å²) >= 11 is 0. The zero-order valence-electron chi connectivity index (χ0n) is 21.9. The Labute approximate surface area is 220 Å². The van der Waals surface area contributed by atoms with E-state index in [0.717, 1.165) is 34.3 Å². The van der Waals surface area contributed by atoms with Crippen LogP contribution >= 0.6 is 0 Å². The zero-order valence-corrected chi connectivity index (χ0v) is 21.9. The number of fused-ring (bicyclic) bond motifs is 1. The molecule has 2 heteroatoms. The molecule has 0 N–H and O–H groups in total. The number of benzene rings is 3. The maximum atomic E-state index is 10.0. The molecule has 37 heavy (non-hydrogen) atoms. The van der Waals surface area contributed by atoms with Crippen molar-refractivity contribution in [2.45, 2.75) is 57.8 Å². The molecule has 2 nitrogen and oxygen atoms in total. The van der Waals surface area contributed by atoms with E-state index in [0.29, 0.717) is 11.0 Å². The topological polar surface area (TPSA) is 28.7 Å². The molecule has 1 heterocycles. The zero-order chi connectivity index (χ0) is 25.1. The Kier molecular flexibility index (Phi) is 5.19. The van der Waals surface area contributed by atoms with Crippen LogP contribution in [0.4, 0.5) is 0 Å². The van der Waals surface area contributed by atoms with Gasteiger partial charge in [0.2, 0.25) is 0 Å². The second-order valence-electron chi connectivity index (χ2n) is 12.1. The van der Waals surface area contributed by atoms with E-state index in [1.807, 2.05) is 18.2 Å². The molecule has 0 atom stereocenters. The number of rotatable bonds is 4. The fraction of sp³-hybridized carbons (Fsp3) is 0.343. The second kappa shape index (κ2) is 8.49.